The second kappa shape index (κ2) is 68.2. The fourth-order valence-corrected chi connectivity index (χ4v) is 17.6. The molecule has 4 aliphatic heterocycles. The van der Waals surface area contributed by atoms with E-state index in [-0.39, 0.29) is 202 Å². The van der Waals surface area contributed by atoms with Gasteiger partial charge in [0.15, 0.2) is 0 Å². The van der Waals surface area contributed by atoms with E-state index in [1.807, 2.05) is 78.9 Å². The van der Waals surface area contributed by atoms with E-state index in [2.05, 4.69) is 192 Å². The summed E-state index contributed by atoms with van der Waals surface area (Å²) in [5, 5.41) is 33.4. The number of amides is 7. The van der Waals surface area contributed by atoms with Crippen molar-refractivity contribution in [1.82, 2.24) is 29.8 Å². The van der Waals surface area contributed by atoms with Crippen molar-refractivity contribution in [3.63, 3.8) is 0 Å². The Hall–Kier alpha value is -6.46. The van der Waals surface area contributed by atoms with Crippen LogP contribution in [0.15, 0.2) is 218 Å². The number of anilines is 2. The Bertz CT molecular complexity index is 6180. The van der Waals surface area contributed by atoms with E-state index in [1.165, 1.54) is 62.8 Å². The molecule has 7 amide bonds. The first-order valence-electron chi connectivity index (χ1n) is 44.4. The first-order chi connectivity index (χ1) is 67.0. The third-order valence-electron chi connectivity index (χ3n) is 21.3. The van der Waals surface area contributed by atoms with E-state index in [1.54, 1.807) is 97.1 Å². The SMILES string of the molecule is C.Ic1ccc2cc3c(nc2c1)CCCCC3.NCCCCCC(=O)O.NCCCCc1cc2ccc(I)cc2nc1Cl.NN.Nc1cccc(I)c1.O=C(CCCCCN1C(=O)c2ccccc2C1=O)Nc1cccc(I)c1.O=C(O)CCCCCN1C(=O)c2ccccc2C1=O.O=C1OC(=O)c2ccccc21.O=C1c2ccccc2C(=O)N1OCCCc1cc2ccc(I)cc2nc1Cl.O=CO[O-].[Cs+].[Cs+].[H-]. The van der Waals surface area contributed by atoms with Crippen LogP contribution in [0.3, 0.4) is 0 Å². The minimum Gasteiger partial charge on any atom is -1.00 e. The molecular formula is C103H109Cl2Cs2I5N12O18. The number of esters is 2. The van der Waals surface area contributed by atoms with Crippen LogP contribution in [0.5, 0.6) is 0 Å². The number of carboxylic acids is 2. The number of nitrogen functional groups attached to an aromatic ring is 1. The number of imide groups is 3. The van der Waals surface area contributed by atoms with Crippen LogP contribution in [0, 0.1) is 17.9 Å². The molecular weight excluding hydrogens is 2660 g/mol. The van der Waals surface area contributed by atoms with Gasteiger partial charge in [-0.05, 0) is 379 Å². The number of benzene rings is 9. The average molecular weight is 2770 g/mol. The summed E-state index contributed by atoms with van der Waals surface area (Å²) in [5.74, 6) is 3.56. The van der Waals surface area contributed by atoms with Crippen molar-refractivity contribution in [2.24, 2.45) is 23.2 Å². The molecule has 13 N–H and O–H groups in total. The zero-order valence-electron chi connectivity index (χ0n) is 78.6. The van der Waals surface area contributed by atoms with Crippen LogP contribution in [0.4, 0.5) is 11.4 Å². The van der Waals surface area contributed by atoms with Gasteiger partial charge in [-0.25, -0.2) is 19.6 Å². The standard InChI is InChI=1S/C20H14ClIN2O3.C20H19IN2O3.C14H14IN.C14H15NO4.C13H14ClIN2.C8H4O3.C6H6IN.C6H13NO2.CH2O3.CH4.2Cs.H4N2.H/c21-18-13(10-12-7-8-14(22)11-17(12)23-18)4-3-9-27-24-19(25)15-5-1-2-6-16(15)20(24)26;21-14-7-6-8-15(13-14)22-18(24)11-2-1-5-12-23-19(25)16-9-3-4-10-17(16)20(23)26;15-12-7-6-11-8-10-4-2-1-3-5-13(10)16-14(11)9-12;16-12(17)8-2-1-5-9-15-13(18)10-6-3-4-7-11(10)14(15)19;14-13-10(3-1-2-6-16)7-9-4-5-11(15)8-12(9)17-13;9-7-5-3-1-2-4-6(5)8(10)11-7;7-5-2-1-3-6(8)4-5;7-5-3-1-2-4-6(8)9;2-1-4-3;;;;1-2;/h1-2,5-8,10-11H,3-4,9H2;3-4,6-10,13H,1-2,5,11-12H2,(H,22,24);6-9H,1-5H2;3-4,6-7H,1-2,5,8-9H2,(H,16,17);4-5,7-8H,1-3,6,16H2;1-4H;1-4H,8H2;1-5,7H2,(H,8,9);1,3H;1H4;;;1-2H2;/q;;;;;;;;;;2*+1;;-1/p-1. The van der Waals surface area contributed by atoms with E-state index >= 15 is 0 Å². The first-order valence-corrected chi connectivity index (χ1v) is 50.6. The normalized spacial score (nSPS) is 12.3. The predicted octanol–water partition coefficient (Wildman–Crippen LogP) is 14.0. The average Bonchev–Trinajstić information content (AvgIpc) is 1.65. The van der Waals surface area contributed by atoms with Crippen LogP contribution in [0.2, 0.25) is 10.3 Å². The van der Waals surface area contributed by atoms with Gasteiger partial charge in [0.05, 0.1) is 67.7 Å². The summed E-state index contributed by atoms with van der Waals surface area (Å²) >= 11 is 23.8. The number of nitrogens with one attached hydrogen (secondary N) is 1. The zero-order chi connectivity index (χ0) is 101. The van der Waals surface area contributed by atoms with E-state index in [0.717, 1.165) is 126 Å². The summed E-state index contributed by atoms with van der Waals surface area (Å²) in [5.41, 5.74) is 28.9. The number of ether oxygens (including phenoxy) is 1. The number of aromatic nitrogens is 3. The Kier molecular flexibility index (Phi) is 60.5. The number of hydrogen-bond acceptors (Lipinski definition) is 24. The molecule has 30 nitrogen and oxygen atoms in total. The van der Waals surface area contributed by atoms with Gasteiger partial charge in [-0.2, -0.15) is 0 Å². The molecule has 0 saturated heterocycles. The number of hydrogen-bond donors (Lipinski definition) is 8. The van der Waals surface area contributed by atoms with Gasteiger partial charge < -0.3 is 49.0 Å². The van der Waals surface area contributed by atoms with Gasteiger partial charge in [0.1, 0.15) is 10.3 Å². The molecule has 9 aromatic carbocycles. The Morgan fingerprint density at radius 2 is 0.817 bits per heavy atom. The number of carbonyl (C=O) groups excluding carboxylic acids is 10. The number of pyridine rings is 3. The van der Waals surface area contributed by atoms with Crippen LogP contribution in [-0.2, 0) is 59.3 Å². The number of halogens is 7. The van der Waals surface area contributed by atoms with Crippen LogP contribution in [0.1, 0.15) is 230 Å². The van der Waals surface area contributed by atoms with E-state index in [0.29, 0.717) is 119 Å². The molecule has 12 aromatic rings. The molecule has 0 saturated carbocycles. The fourth-order valence-electron chi connectivity index (χ4n) is 14.5. The number of hydrazine groups is 1. The molecule has 5 aliphatic rings. The molecule has 142 heavy (non-hydrogen) atoms. The van der Waals surface area contributed by atoms with Crippen LogP contribution in [-0.4, -0.2) is 145 Å². The molecule has 0 atom stereocenters. The molecule has 39 heteroatoms. The molecule has 0 fully saturated rings. The Labute approximate surface area is 1020 Å². The number of cyclic esters (lactones) is 2. The topological polar surface area (TPSA) is 487 Å². The second-order valence-electron chi connectivity index (χ2n) is 31.3. The molecule has 17 rings (SSSR count). The minimum atomic E-state index is -0.819. The van der Waals surface area contributed by atoms with Gasteiger partial charge in [0.25, 0.3) is 41.9 Å². The summed E-state index contributed by atoms with van der Waals surface area (Å²) in [4.78, 5) is 160. The van der Waals surface area contributed by atoms with Crippen molar-refractivity contribution < 1.29 is 227 Å². The van der Waals surface area contributed by atoms with Gasteiger partial charge in [-0.1, -0.05) is 135 Å². The van der Waals surface area contributed by atoms with Gasteiger partial charge in [0.2, 0.25) is 5.91 Å². The van der Waals surface area contributed by atoms with E-state index < -0.39 is 35.7 Å². The molecule has 0 spiro atoms. The van der Waals surface area contributed by atoms with E-state index in [4.69, 9.17) is 70.5 Å². The molecule has 0 bridgehead atoms. The zero-order valence-corrected chi connectivity index (χ0v) is 102. The molecule has 3 aromatic heterocycles. The van der Waals surface area contributed by atoms with Crippen molar-refractivity contribution in [3.8, 4) is 0 Å². The maximum Gasteiger partial charge on any atom is 1.00 e. The molecule has 0 radical (unpaired) electrons. The van der Waals surface area contributed by atoms with Crippen LogP contribution in [0.25, 0.3) is 32.7 Å². The summed E-state index contributed by atoms with van der Waals surface area (Å²) in [7, 11) is 0. The smallest absolute Gasteiger partial charge is 1.00 e. The molecule has 1 aliphatic carbocycles. The Morgan fingerprint density at radius 3 is 1.23 bits per heavy atom. The number of aliphatic carboxylic acids is 2. The number of aryl methyl sites for hydroxylation is 4. The maximum absolute atomic E-state index is 12.3. The predicted molar refractivity (Wildman–Crippen MR) is 582 cm³/mol. The van der Waals surface area contributed by atoms with Crippen molar-refractivity contribution >= 4 is 252 Å². The van der Waals surface area contributed by atoms with Gasteiger partial charge in [0, 0.05) is 83.4 Å². The largest absolute Gasteiger partial charge is 1.00 e. The van der Waals surface area contributed by atoms with Crippen molar-refractivity contribution in [1.29, 1.82) is 0 Å². The maximum atomic E-state index is 12.3. The van der Waals surface area contributed by atoms with Gasteiger partial charge in [-0.15, -0.1) is 5.06 Å². The summed E-state index contributed by atoms with van der Waals surface area (Å²) in [6.45, 7) is 2.19. The minimum absolute atomic E-state index is 0. The quantitative estimate of drug-likeness (QED) is 0.00183. The van der Waals surface area contributed by atoms with Crippen molar-refractivity contribution in [2.45, 2.75) is 149 Å². The second-order valence-corrected chi connectivity index (χ2v) is 38.3. The molecule has 0 unspecified atom stereocenters. The number of rotatable bonds is 28. The van der Waals surface area contributed by atoms with Gasteiger partial charge in [-0.3, -0.25) is 79.3 Å². The first kappa shape index (κ1) is 126. The summed E-state index contributed by atoms with van der Waals surface area (Å²) in [6.07, 6.45) is 18.2. The number of carboxylic acid groups (broad SMARTS) is 2. The van der Waals surface area contributed by atoms with Crippen LogP contribution >= 0.6 is 136 Å². The van der Waals surface area contributed by atoms with Gasteiger partial charge >= 0.3 is 162 Å². The van der Waals surface area contributed by atoms with E-state index in [9.17, 15) is 52.7 Å². The summed E-state index contributed by atoms with van der Waals surface area (Å²) in [6, 6.07) is 67.6. The van der Waals surface area contributed by atoms with Crippen LogP contribution < -0.4 is 177 Å². The van der Waals surface area contributed by atoms with Crippen molar-refractivity contribution in [3.05, 3.63) is 313 Å². The Balaban J connectivity index is 0.000000345. The number of nitrogens with two attached hydrogens (primary N) is 5. The fraction of sp³-hybridized carbons (Fsp3) is 0.272. The molecule has 7 heterocycles. The number of hydroxylamine groups is 2. The number of fused-ring (bicyclic) bond motifs is 8. The number of nitrogens with zero attached hydrogens (tertiary/aromatic N) is 6. The Morgan fingerprint density at radius 1 is 0.444 bits per heavy atom. The number of unbranched alkanes of at least 4 members (excludes halogenated alkanes) is 7. The summed E-state index contributed by atoms with van der Waals surface area (Å²) < 4.78 is 10.2. The third kappa shape index (κ3) is 40.9. The monoisotopic (exact) mass is 2770 g/mol. The third-order valence-corrected chi connectivity index (χ3v) is 25.4. The molecule has 740 valence electrons. The van der Waals surface area contributed by atoms with Crippen molar-refractivity contribution in [2.75, 3.05) is 43.8 Å². The number of carbonyl (C=O) groups is 12.